The Kier molecular flexibility index (Phi) is 3.93. The van der Waals surface area contributed by atoms with Crippen molar-refractivity contribution in [2.45, 2.75) is 6.54 Å². The highest BCUT2D eigenvalue weighted by atomic mass is 79.9. The van der Waals surface area contributed by atoms with E-state index in [0.29, 0.717) is 11.0 Å². The van der Waals surface area contributed by atoms with Crippen molar-refractivity contribution in [3.63, 3.8) is 0 Å². The van der Waals surface area contributed by atoms with Crippen LogP contribution in [0.15, 0.2) is 34.8 Å². The standard InChI is InChI=1S/C11H8BrFN2O2S/c12-9-5-7(13)1-3-10(9)14-6-8-2-4-11(18-8)15(16)17/h1-5,14H,6H2. The molecule has 0 saturated carbocycles. The van der Waals surface area contributed by atoms with Gasteiger partial charge in [-0.05, 0) is 40.2 Å². The van der Waals surface area contributed by atoms with Crippen molar-refractivity contribution < 1.29 is 9.31 Å². The fourth-order valence-electron chi connectivity index (χ4n) is 1.37. The molecular weight excluding hydrogens is 323 g/mol. The third-order valence-electron chi connectivity index (χ3n) is 2.21. The average Bonchev–Trinajstić information content (AvgIpc) is 2.76. The van der Waals surface area contributed by atoms with Crippen molar-refractivity contribution >= 4 is 38.0 Å². The first kappa shape index (κ1) is 13.0. The van der Waals surface area contributed by atoms with Gasteiger partial charge in [0.05, 0.1) is 4.92 Å². The molecule has 1 aromatic heterocycles. The van der Waals surface area contributed by atoms with Crippen LogP contribution in [0.5, 0.6) is 0 Å². The van der Waals surface area contributed by atoms with Gasteiger partial charge in [0.1, 0.15) is 5.82 Å². The van der Waals surface area contributed by atoms with E-state index in [1.807, 2.05) is 0 Å². The summed E-state index contributed by atoms with van der Waals surface area (Å²) in [5.41, 5.74) is 0.743. The van der Waals surface area contributed by atoms with Crippen LogP contribution in [0.3, 0.4) is 0 Å². The molecule has 0 saturated heterocycles. The number of nitrogens with zero attached hydrogens (tertiary/aromatic N) is 1. The second-order valence-corrected chi connectivity index (χ2v) is 5.48. The molecule has 94 valence electrons. The Morgan fingerprint density at radius 2 is 2.17 bits per heavy atom. The molecule has 0 amide bonds. The third kappa shape index (κ3) is 3.05. The van der Waals surface area contributed by atoms with Crippen LogP contribution in [0, 0.1) is 15.9 Å². The topological polar surface area (TPSA) is 55.2 Å². The maximum atomic E-state index is 12.9. The molecule has 0 bridgehead atoms. The van der Waals surface area contributed by atoms with Gasteiger partial charge in [0.25, 0.3) is 0 Å². The predicted molar refractivity (Wildman–Crippen MR) is 72.4 cm³/mol. The Hall–Kier alpha value is -1.47. The number of rotatable bonds is 4. The SMILES string of the molecule is O=[N+]([O-])c1ccc(CNc2ccc(F)cc2Br)s1. The number of hydrogen-bond donors (Lipinski definition) is 1. The molecule has 4 nitrogen and oxygen atoms in total. The van der Waals surface area contributed by atoms with E-state index in [4.69, 9.17) is 0 Å². The Morgan fingerprint density at radius 1 is 1.39 bits per heavy atom. The van der Waals surface area contributed by atoms with E-state index in [1.165, 1.54) is 18.2 Å². The summed E-state index contributed by atoms with van der Waals surface area (Å²) in [7, 11) is 0. The Balaban J connectivity index is 2.04. The van der Waals surface area contributed by atoms with Gasteiger partial charge < -0.3 is 5.32 Å². The normalized spacial score (nSPS) is 10.3. The van der Waals surface area contributed by atoms with Gasteiger partial charge in [0, 0.05) is 27.6 Å². The molecule has 1 N–H and O–H groups in total. The second-order valence-electron chi connectivity index (χ2n) is 3.47. The summed E-state index contributed by atoms with van der Waals surface area (Å²) in [5, 5.41) is 13.7. The zero-order valence-corrected chi connectivity index (χ0v) is 11.4. The van der Waals surface area contributed by atoms with E-state index in [1.54, 1.807) is 12.1 Å². The van der Waals surface area contributed by atoms with Crippen LogP contribution in [0.2, 0.25) is 0 Å². The molecule has 2 aromatic rings. The van der Waals surface area contributed by atoms with Gasteiger partial charge >= 0.3 is 5.00 Å². The first-order valence-corrected chi connectivity index (χ1v) is 6.59. The number of nitrogens with one attached hydrogen (secondary N) is 1. The van der Waals surface area contributed by atoms with Crippen molar-refractivity contribution in [2.75, 3.05) is 5.32 Å². The fourth-order valence-corrected chi connectivity index (χ4v) is 2.63. The van der Waals surface area contributed by atoms with Crippen molar-refractivity contribution in [2.24, 2.45) is 0 Å². The number of thiophene rings is 1. The minimum Gasteiger partial charge on any atom is -0.379 e. The average molecular weight is 331 g/mol. The molecule has 0 atom stereocenters. The minimum atomic E-state index is -0.415. The molecule has 1 aromatic carbocycles. The monoisotopic (exact) mass is 330 g/mol. The van der Waals surface area contributed by atoms with Crippen molar-refractivity contribution in [1.82, 2.24) is 0 Å². The van der Waals surface area contributed by atoms with Crippen molar-refractivity contribution in [3.8, 4) is 0 Å². The summed E-state index contributed by atoms with van der Waals surface area (Å²) in [6.07, 6.45) is 0. The molecule has 0 fully saturated rings. The predicted octanol–water partition coefficient (Wildman–Crippen LogP) is 4.17. The number of halogens is 2. The van der Waals surface area contributed by atoms with E-state index in [-0.39, 0.29) is 10.8 Å². The van der Waals surface area contributed by atoms with Crippen molar-refractivity contribution in [3.05, 3.63) is 55.6 Å². The van der Waals surface area contributed by atoms with E-state index in [9.17, 15) is 14.5 Å². The zero-order chi connectivity index (χ0) is 13.1. The number of hydrogen-bond acceptors (Lipinski definition) is 4. The van der Waals surface area contributed by atoms with Crippen LogP contribution < -0.4 is 5.32 Å². The van der Waals surface area contributed by atoms with Gasteiger partial charge in [-0.3, -0.25) is 10.1 Å². The fraction of sp³-hybridized carbons (Fsp3) is 0.0909. The molecule has 0 spiro atoms. The van der Waals surface area contributed by atoms with Gasteiger partial charge in [-0.2, -0.15) is 0 Å². The van der Waals surface area contributed by atoms with E-state index in [0.717, 1.165) is 21.9 Å². The van der Waals surface area contributed by atoms with Gasteiger partial charge in [0.15, 0.2) is 0 Å². The smallest absolute Gasteiger partial charge is 0.324 e. The van der Waals surface area contributed by atoms with Crippen LogP contribution in [0.4, 0.5) is 15.1 Å². The van der Waals surface area contributed by atoms with E-state index in [2.05, 4.69) is 21.2 Å². The molecule has 2 rings (SSSR count). The summed E-state index contributed by atoms with van der Waals surface area (Å²) >= 11 is 4.36. The molecule has 0 aliphatic heterocycles. The summed E-state index contributed by atoms with van der Waals surface area (Å²) in [4.78, 5) is 11.0. The molecule has 1 heterocycles. The zero-order valence-electron chi connectivity index (χ0n) is 9.02. The number of benzene rings is 1. The lowest BCUT2D eigenvalue weighted by molar-refractivity contribution is -0.380. The maximum absolute atomic E-state index is 12.9. The van der Waals surface area contributed by atoms with Crippen LogP contribution in [0.25, 0.3) is 0 Å². The Bertz CT molecular complexity index is 588. The summed E-state index contributed by atoms with van der Waals surface area (Å²) in [6, 6.07) is 7.50. The summed E-state index contributed by atoms with van der Waals surface area (Å²) in [5.74, 6) is -0.320. The van der Waals surface area contributed by atoms with Gasteiger partial charge in [-0.15, -0.1) is 0 Å². The molecule has 7 heteroatoms. The van der Waals surface area contributed by atoms with Gasteiger partial charge in [-0.25, -0.2) is 4.39 Å². The third-order valence-corrected chi connectivity index (χ3v) is 3.90. The molecule has 0 aliphatic rings. The number of nitro groups is 1. The highest BCUT2D eigenvalue weighted by molar-refractivity contribution is 9.10. The Labute approximate surface area is 115 Å². The van der Waals surface area contributed by atoms with E-state index >= 15 is 0 Å². The highest BCUT2D eigenvalue weighted by Gasteiger charge is 2.09. The first-order valence-electron chi connectivity index (χ1n) is 4.98. The first-order chi connectivity index (χ1) is 8.56. The van der Waals surface area contributed by atoms with Crippen molar-refractivity contribution in [1.29, 1.82) is 0 Å². The van der Waals surface area contributed by atoms with Crippen LogP contribution in [0.1, 0.15) is 4.88 Å². The summed E-state index contributed by atoms with van der Waals surface area (Å²) < 4.78 is 13.5. The Morgan fingerprint density at radius 3 is 2.78 bits per heavy atom. The molecule has 0 aliphatic carbocycles. The minimum absolute atomic E-state index is 0.116. The maximum Gasteiger partial charge on any atom is 0.324 e. The molecule has 18 heavy (non-hydrogen) atoms. The van der Waals surface area contributed by atoms with E-state index < -0.39 is 4.92 Å². The van der Waals surface area contributed by atoms with Crippen LogP contribution >= 0.6 is 27.3 Å². The highest BCUT2D eigenvalue weighted by Crippen LogP contribution is 2.27. The second kappa shape index (κ2) is 5.45. The lowest BCUT2D eigenvalue weighted by Crippen LogP contribution is -1.98. The molecule has 0 radical (unpaired) electrons. The molecular formula is C11H8BrFN2O2S. The quantitative estimate of drug-likeness (QED) is 0.676. The van der Waals surface area contributed by atoms with Crippen LogP contribution in [-0.4, -0.2) is 4.92 Å². The lowest BCUT2D eigenvalue weighted by Gasteiger charge is -2.06. The molecule has 0 unspecified atom stereocenters. The van der Waals surface area contributed by atoms with Gasteiger partial charge in [-0.1, -0.05) is 11.3 Å². The van der Waals surface area contributed by atoms with Crippen LogP contribution in [-0.2, 0) is 6.54 Å². The van der Waals surface area contributed by atoms with Gasteiger partial charge in [0.2, 0.25) is 0 Å². The lowest BCUT2D eigenvalue weighted by atomic mass is 10.3. The number of anilines is 1. The summed E-state index contributed by atoms with van der Waals surface area (Å²) in [6.45, 7) is 0.461. The largest absolute Gasteiger partial charge is 0.379 e.